The second-order valence-corrected chi connectivity index (χ2v) is 9.00. The third-order valence-corrected chi connectivity index (χ3v) is 5.62. The van der Waals surface area contributed by atoms with Crippen LogP contribution in [-0.4, -0.2) is 26.3 Å². The van der Waals surface area contributed by atoms with E-state index in [9.17, 15) is 4.79 Å². The Kier molecular flexibility index (Phi) is 4.68. The highest BCUT2D eigenvalue weighted by Gasteiger charge is 2.40. The largest absolute Gasteiger partial charge is 0.328 e. The minimum absolute atomic E-state index is 0.0419. The molecule has 27 heavy (non-hydrogen) atoms. The first-order chi connectivity index (χ1) is 13.0. The van der Waals surface area contributed by atoms with Crippen molar-refractivity contribution in [3.63, 3.8) is 0 Å². The van der Waals surface area contributed by atoms with Crippen molar-refractivity contribution in [1.29, 1.82) is 0 Å². The number of benzene rings is 1. The summed E-state index contributed by atoms with van der Waals surface area (Å²) in [4.78, 5) is 17.6. The number of fused-ring (bicyclic) bond motifs is 1. The normalized spacial score (nSPS) is 21.1. The molecule has 2 aliphatic rings. The number of allylic oxidation sites excluding steroid dienone is 3. The summed E-state index contributed by atoms with van der Waals surface area (Å²) in [5.74, 6) is 1.83. The minimum atomic E-state index is -0.223. The second kappa shape index (κ2) is 7.00. The Morgan fingerprint density at radius 1 is 1.30 bits per heavy atom. The molecular formula is C21H24N4OS. The van der Waals surface area contributed by atoms with E-state index in [0.29, 0.717) is 6.42 Å². The number of thioether (sulfide) groups is 1. The van der Waals surface area contributed by atoms with Crippen LogP contribution in [0.5, 0.6) is 0 Å². The number of Topliss-reactive ketones (excluding diaryl/α,β-unsaturated/α-hetero) is 1. The molecule has 2 aromatic rings. The van der Waals surface area contributed by atoms with Gasteiger partial charge in [0.05, 0.1) is 0 Å². The van der Waals surface area contributed by atoms with Crippen LogP contribution in [0, 0.1) is 5.41 Å². The van der Waals surface area contributed by atoms with E-state index in [4.69, 9.17) is 0 Å². The molecule has 0 spiro atoms. The predicted molar refractivity (Wildman–Crippen MR) is 110 cm³/mol. The van der Waals surface area contributed by atoms with E-state index >= 15 is 0 Å². The maximum atomic E-state index is 13.0. The molecule has 5 nitrogen and oxygen atoms in total. The van der Waals surface area contributed by atoms with Crippen LogP contribution in [-0.2, 0) is 4.79 Å². The van der Waals surface area contributed by atoms with Crippen molar-refractivity contribution in [2.24, 2.45) is 5.41 Å². The molecule has 1 aromatic heterocycles. The molecule has 1 unspecified atom stereocenters. The molecule has 4 rings (SSSR count). The Bertz CT molecular complexity index is 927. The molecule has 0 bridgehead atoms. The maximum Gasteiger partial charge on any atom is 0.227 e. The highest BCUT2D eigenvalue weighted by molar-refractivity contribution is 7.99. The molecule has 140 valence electrons. The van der Waals surface area contributed by atoms with Crippen LogP contribution < -0.4 is 5.32 Å². The molecule has 1 atom stereocenters. The number of ketones is 1. The average Bonchev–Trinajstić information content (AvgIpc) is 3.01. The Balaban J connectivity index is 1.78. The van der Waals surface area contributed by atoms with Gasteiger partial charge in [-0.3, -0.25) is 4.79 Å². The fourth-order valence-corrected chi connectivity index (χ4v) is 4.32. The van der Waals surface area contributed by atoms with Gasteiger partial charge in [-0.25, -0.2) is 4.68 Å². The van der Waals surface area contributed by atoms with Crippen LogP contribution >= 0.6 is 11.8 Å². The van der Waals surface area contributed by atoms with Crippen LogP contribution in [0.25, 0.3) is 6.08 Å². The van der Waals surface area contributed by atoms with Crippen LogP contribution in [0.4, 0.5) is 5.95 Å². The molecule has 0 fully saturated rings. The fourth-order valence-electron chi connectivity index (χ4n) is 3.76. The number of carbonyl (C=O) groups excluding carboxylic acids is 1. The number of anilines is 1. The van der Waals surface area contributed by atoms with Crippen molar-refractivity contribution in [2.45, 2.75) is 44.8 Å². The molecule has 0 radical (unpaired) electrons. The van der Waals surface area contributed by atoms with Crippen LogP contribution in [0.15, 0.2) is 52.8 Å². The molecular weight excluding hydrogens is 356 g/mol. The standard InChI is InChI=1S/C21H24N4OS/c1-4-27-20-23-19-22-15-12-21(2,3)13-17(26)18(15)16(25(19)24-20)11-10-14-8-6-5-7-9-14/h5-11,16H,4,12-13H2,1-3H3,(H,22,23,24). The van der Waals surface area contributed by atoms with Gasteiger partial charge < -0.3 is 5.32 Å². The van der Waals surface area contributed by atoms with Gasteiger partial charge >= 0.3 is 0 Å². The van der Waals surface area contributed by atoms with E-state index in [-0.39, 0.29) is 17.2 Å². The zero-order valence-corrected chi connectivity index (χ0v) is 16.7. The van der Waals surface area contributed by atoms with Gasteiger partial charge in [-0.15, -0.1) is 5.10 Å². The van der Waals surface area contributed by atoms with Crippen molar-refractivity contribution < 1.29 is 4.79 Å². The number of hydrogen-bond acceptors (Lipinski definition) is 5. The summed E-state index contributed by atoms with van der Waals surface area (Å²) in [6.45, 7) is 6.37. The Labute approximate surface area is 164 Å². The van der Waals surface area contributed by atoms with Crippen molar-refractivity contribution in [1.82, 2.24) is 14.8 Å². The zero-order valence-electron chi connectivity index (χ0n) is 15.9. The van der Waals surface area contributed by atoms with Crippen LogP contribution in [0.3, 0.4) is 0 Å². The minimum Gasteiger partial charge on any atom is -0.328 e. The molecule has 1 aromatic carbocycles. The lowest BCUT2D eigenvalue weighted by Crippen LogP contribution is -2.35. The summed E-state index contributed by atoms with van der Waals surface area (Å²) < 4.78 is 1.85. The molecule has 0 saturated carbocycles. The number of nitrogens with one attached hydrogen (secondary N) is 1. The maximum absolute atomic E-state index is 13.0. The molecule has 0 amide bonds. The summed E-state index contributed by atoms with van der Waals surface area (Å²) >= 11 is 1.61. The third kappa shape index (κ3) is 3.58. The highest BCUT2D eigenvalue weighted by atomic mass is 32.2. The highest BCUT2D eigenvalue weighted by Crippen LogP contribution is 2.44. The first-order valence-electron chi connectivity index (χ1n) is 9.33. The fraction of sp³-hybridized carbons (Fsp3) is 0.381. The topological polar surface area (TPSA) is 59.8 Å². The van der Waals surface area contributed by atoms with Gasteiger partial charge in [0.2, 0.25) is 11.1 Å². The molecule has 6 heteroatoms. The Morgan fingerprint density at radius 3 is 2.81 bits per heavy atom. The number of hydrogen-bond donors (Lipinski definition) is 1. The van der Waals surface area contributed by atoms with Gasteiger partial charge in [0, 0.05) is 17.7 Å². The van der Waals surface area contributed by atoms with Crippen molar-refractivity contribution in [3.05, 3.63) is 53.2 Å². The first kappa shape index (κ1) is 18.0. The van der Waals surface area contributed by atoms with Gasteiger partial charge in [-0.05, 0) is 23.2 Å². The first-order valence-corrected chi connectivity index (χ1v) is 10.3. The van der Waals surface area contributed by atoms with E-state index in [1.54, 1.807) is 11.8 Å². The van der Waals surface area contributed by atoms with Gasteiger partial charge in [-0.2, -0.15) is 4.98 Å². The molecule has 1 aliphatic heterocycles. The van der Waals surface area contributed by atoms with Crippen LogP contribution in [0.2, 0.25) is 0 Å². The summed E-state index contributed by atoms with van der Waals surface area (Å²) in [6, 6.07) is 9.91. The Morgan fingerprint density at radius 2 is 2.07 bits per heavy atom. The molecule has 2 heterocycles. The van der Waals surface area contributed by atoms with E-state index in [2.05, 4.69) is 60.5 Å². The second-order valence-electron chi connectivity index (χ2n) is 7.77. The van der Waals surface area contributed by atoms with Crippen molar-refractivity contribution >= 4 is 29.6 Å². The average molecular weight is 381 g/mol. The lowest BCUT2D eigenvalue weighted by atomic mass is 9.74. The van der Waals surface area contributed by atoms with E-state index < -0.39 is 0 Å². The quantitative estimate of drug-likeness (QED) is 0.778. The van der Waals surface area contributed by atoms with E-state index in [1.807, 2.05) is 22.9 Å². The monoisotopic (exact) mass is 380 g/mol. The molecule has 1 aliphatic carbocycles. The van der Waals surface area contributed by atoms with Crippen LogP contribution in [0.1, 0.15) is 45.2 Å². The van der Waals surface area contributed by atoms with Crippen molar-refractivity contribution in [2.75, 3.05) is 11.1 Å². The summed E-state index contributed by atoms with van der Waals surface area (Å²) in [5, 5.41) is 8.80. The van der Waals surface area contributed by atoms with Crippen molar-refractivity contribution in [3.8, 4) is 0 Å². The SMILES string of the molecule is CCSc1nc2n(n1)C(C=Cc1ccccc1)C1=C(CC(C)(C)CC1=O)N2. The number of nitrogens with zero attached hydrogens (tertiary/aromatic N) is 3. The zero-order chi connectivity index (χ0) is 19.0. The summed E-state index contributed by atoms with van der Waals surface area (Å²) in [6.07, 6.45) is 5.53. The summed E-state index contributed by atoms with van der Waals surface area (Å²) in [5.41, 5.74) is 2.88. The van der Waals surface area contributed by atoms with E-state index in [1.165, 1.54) is 0 Å². The lowest BCUT2D eigenvalue weighted by molar-refractivity contribution is -0.118. The third-order valence-electron chi connectivity index (χ3n) is 4.90. The number of rotatable bonds is 4. The molecule has 1 N–H and O–H groups in total. The predicted octanol–water partition coefficient (Wildman–Crippen LogP) is 4.71. The molecule has 0 saturated heterocycles. The Hall–Kier alpha value is -2.34. The van der Waals surface area contributed by atoms with Gasteiger partial charge in [0.25, 0.3) is 0 Å². The van der Waals surface area contributed by atoms with Gasteiger partial charge in [-0.1, -0.05) is 75.0 Å². The van der Waals surface area contributed by atoms with Gasteiger partial charge in [0.1, 0.15) is 6.04 Å². The number of carbonyl (C=O) groups is 1. The summed E-state index contributed by atoms with van der Waals surface area (Å²) in [7, 11) is 0. The smallest absolute Gasteiger partial charge is 0.227 e. The van der Waals surface area contributed by atoms with Gasteiger partial charge in [0.15, 0.2) is 5.78 Å². The number of aromatic nitrogens is 3. The lowest BCUT2D eigenvalue weighted by Gasteiger charge is -2.37. The van der Waals surface area contributed by atoms with E-state index in [0.717, 1.165) is 40.1 Å².